The van der Waals surface area contributed by atoms with Gasteiger partial charge in [0, 0.05) is 22.7 Å². The van der Waals surface area contributed by atoms with Crippen LogP contribution in [0.3, 0.4) is 0 Å². The number of benzene rings is 4. The molecule has 1 N–H and O–H groups in total. The van der Waals surface area contributed by atoms with Gasteiger partial charge in [0.25, 0.3) is 5.69 Å². The van der Waals surface area contributed by atoms with Crippen molar-refractivity contribution in [2.24, 2.45) is 0 Å². The summed E-state index contributed by atoms with van der Waals surface area (Å²) >= 11 is 0. The fraction of sp³-hybridized carbons (Fsp3) is 0.0400. The highest BCUT2D eigenvalue weighted by Crippen LogP contribution is 2.43. The first-order valence-corrected chi connectivity index (χ1v) is 11.6. The standard InChI is InChI=1S/C25H21N2O3P/c28-27(29)22-14-10-13-21(19-22)25(20-11-4-1-5-12-20)26-31(30,23-15-6-2-7-16-23)24-17-8-3-9-18-24/h1-19,25H,(H,26,30)/t25-/m1/s1. The SMILES string of the molecule is O=[N+]([O-])c1cccc([C@H](NP(=O)(c2ccccc2)c2ccccc2)c2ccccc2)c1. The maximum atomic E-state index is 14.5. The molecule has 0 aliphatic rings. The molecule has 4 aromatic carbocycles. The van der Waals surface area contributed by atoms with Gasteiger partial charge in [0.15, 0.2) is 0 Å². The van der Waals surface area contributed by atoms with Gasteiger partial charge in [-0.3, -0.25) is 14.7 Å². The third kappa shape index (κ3) is 4.48. The molecule has 5 nitrogen and oxygen atoms in total. The highest BCUT2D eigenvalue weighted by atomic mass is 31.2. The van der Waals surface area contributed by atoms with Gasteiger partial charge in [-0.05, 0) is 35.4 Å². The lowest BCUT2D eigenvalue weighted by molar-refractivity contribution is -0.384. The molecule has 6 heteroatoms. The van der Waals surface area contributed by atoms with Crippen molar-refractivity contribution in [3.05, 3.63) is 137 Å². The minimum absolute atomic E-state index is 0.00511. The van der Waals surface area contributed by atoms with Crippen molar-refractivity contribution in [3.63, 3.8) is 0 Å². The van der Waals surface area contributed by atoms with E-state index in [4.69, 9.17) is 0 Å². The molecule has 0 bridgehead atoms. The van der Waals surface area contributed by atoms with Gasteiger partial charge in [0.05, 0.1) is 11.0 Å². The zero-order valence-electron chi connectivity index (χ0n) is 16.7. The number of non-ortho nitro benzene ring substituents is 1. The van der Waals surface area contributed by atoms with E-state index in [9.17, 15) is 14.7 Å². The molecule has 0 saturated heterocycles. The molecular formula is C25H21N2O3P. The molecule has 0 aliphatic heterocycles. The van der Waals surface area contributed by atoms with Crippen LogP contribution in [0.4, 0.5) is 5.69 Å². The number of nitrogens with zero attached hydrogens (tertiary/aromatic N) is 1. The van der Waals surface area contributed by atoms with E-state index in [1.165, 1.54) is 12.1 Å². The normalized spacial score (nSPS) is 12.3. The van der Waals surface area contributed by atoms with Crippen molar-refractivity contribution in [2.45, 2.75) is 6.04 Å². The molecule has 0 amide bonds. The molecule has 31 heavy (non-hydrogen) atoms. The van der Waals surface area contributed by atoms with Crippen molar-refractivity contribution in [1.29, 1.82) is 0 Å². The summed E-state index contributed by atoms with van der Waals surface area (Å²) in [5.41, 5.74) is 1.54. The Labute approximate surface area is 181 Å². The second kappa shape index (κ2) is 9.09. The van der Waals surface area contributed by atoms with Crippen LogP contribution in [-0.4, -0.2) is 4.92 Å². The summed E-state index contributed by atoms with van der Waals surface area (Å²) in [6.07, 6.45) is 0. The zero-order valence-corrected chi connectivity index (χ0v) is 17.6. The van der Waals surface area contributed by atoms with E-state index in [2.05, 4.69) is 5.09 Å². The lowest BCUT2D eigenvalue weighted by Crippen LogP contribution is -2.31. The third-order valence-electron chi connectivity index (χ3n) is 5.10. The number of hydrogen-bond acceptors (Lipinski definition) is 3. The van der Waals surface area contributed by atoms with Gasteiger partial charge in [0.2, 0.25) is 7.29 Å². The first-order chi connectivity index (χ1) is 15.1. The smallest absolute Gasteiger partial charge is 0.269 e. The molecule has 0 heterocycles. The molecule has 0 fully saturated rings. The van der Waals surface area contributed by atoms with Crippen molar-refractivity contribution < 1.29 is 9.49 Å². The Hall–Kier alpha value is -3.53. The maximum absolute atomic E-state index is 14.5. The molecule has 0 spiro atoms. The summed E-state index contributed by atoms with van der Waals surface area (Å²) in [5.74, 6) is 0. The fourth-order valence-corrected chi connectivity index (χ4v) is 6.00. The average Bonchev–Trinajstić information content (AvgIpc) is 2.84. The predicted octanol–water partition coefficient (Wildman–Crippen LogP) is 5.20. The van der Waals surface area contributed by atoms with Gasteiger partial charge in [-0.15, -0.1) is 0 Å². The lowest BCUT2D eigenvalue weighted by atomic mass is 9.99. The molecule has 4 rings (SSSR count). The summed E-state index contributed by atoms with van der Waals surface area (Å²) < 4.78 is 14.5. The van der Waals surface area contributed by atoms with Crippen LogP contribution in [0.1, 0.15) is 17.2 Å². The third-order valence-corrected chi connectivity index (χ3v) is 7.77. The van der Waals surface area contributed by atoms with Crippen LogP contribution in [0, 0.1) is 10.1 Å². The van der Waals surface area contributed by atoms with Crippen LogP contribution < -0.4 is 15.7 Å². The van der Waals surface area contributed by atoms with Gasteiger partial charge < -0.3 is 0 Å². The average molecular weight is 428 g/mol. The molecule has 0 saturated carbocycles. The van der Waals surface area contributed by atoms with E-state index in [1.807, 2.05) is 97.1 Å². The molecule has 1 atom stereocenters. The van der Waals surface area contributed by atoms with Crippen LogP contribution in [0.15, 0.2) is 115 Å². The molecule has 4 aromatic rings. The zero-order chi connectivity index (χ0) is 21.7. The van der Waals surface area contributed by atoms with Gasteiger partial charge in [0.1, 0.15) is 0 Å². The van der Waals surface area contributed by atoms with E-state index in [0.29, 0.717) is 16.2 Å². The molecule has 154 valence electrons. The monoisotopic (exact) mass is 428 g/mol. The van der Waals surface area contributed by atoms with Crippen LogP contribution in [0.5, 0.6) is 0 Å². The van der Waals surface area contributed by atoms with E-state index >= 15 is 0 Å². The van der Waals surface area contributed by atoms with Crippen molar-refractivity contribution in [2.75, 3.05) is 0 Å². The second-order valence-electron chi connectivity index (χ2n) is 7.11. The maximum Gasteiger partial charge on any atom is 0.269 e. The molecular weight excluding hydrogens is 407 g/mol. The number of nitro benzene ring substituents is 1. The Morgan fingerprint density at radius 3 is 1.68 bits per heavy atom. The first-order valence-electron chi connectivity index (χ1n) is 9.86. The number of hydrogen-bond donors (Lipinski definition) is 1. The van der Waals surface area contributed by atoms with Crippen LogP contribution in [0.25, 0.3) is 0 Å². The fourth-order valence-electron chi connectivity index (χ4n) is 3.56. The predicted molar refractivity (Wildman–Crippen MR) is 124 cm³/mol. The highest BCUT2D eigenvalue weighted by molar-refractivity contribution is 7.76. The second-order valence-corrected chi connectivity index (χ2v) is 9.61. The van der Waals surface area contributed by atoms with E-state index in [0.717, 1.165) is 5.56 Å². The molecule has 0 aromatic heterocycles. The minimum atomic E-state index is -3.27. The molecule has 0 radical (unpaired) electrons. The number of nitro groups is 1. The molecule has 0 unspecified atom stereocenters. The number of rotatable bonds is 7. The lowest BCUT2D eigenvalue weighted by Gasteiger charge is -2.27. The van der Waals surface area contributed by atoms with Crippen molar-refractivity contribution in [1.82, 2.24) is 5.09 Å². The first kappa shape index (κ1) is 20.7. The minimum Gasteiger partial charge on any atom is -0.296 e. The van der Waals surface area contributed by atoms with Crippen LogP contribution in [-0.2, 0) is 4.57 Å². The van der Waals surface area contributed by atoms with Gasteiger partial charge in [-0.2, -0.15) is 0 Å². The van der Waals surface area contributed by atoms with E-state index < -0.39 is 18.3 Å². The summed E-state index contributed by atoms with van der Waals surface area (Å²) in [6, 6.07) is 34.1. The number of nitrogens with one attached hydrogen (secondary N) is 1. The van der Waals surface area contributed by atoms with Gasteiger partial charge >= 0.3 is 0 Å². The Kier molecular flexibility index (Phi) is 6.08. The summed E-state index contributed by atoms with van der Waals surface area (Å²) in [6.45, 7) is 0. The van der Waals surface area contributed by atoms with E-state index in [1.54, 1.807) is 6.07 Å². The van der Waals surface area contributed by atoms with Gasteiger partial charge in [-0.1, -0.05) is 78.9 Å². The largest absolute Gasteiger partial charge is 0.296 e. The van der Waals surface area contributed by atoms with Crippen molar-refractivity contribution in [3.8, 4) is 0 Å². The Bertz CT molecular complexity index is 1170. The summed E-state index contributed by atoms with van der Waals surface area (Å²) in [5, 5.41) is 16.1. The Balaban J connectivity index is 1.87. The topological polar surface area (TPSA) is 72.2 Å². The van der Waals surface area contributed by atoms with Crippen molar-refractivity contribution >= 4 is 23.6 Å². The quantitative estimate of drug-likeness (QED) is 0.249. The Morgan fingerprint density at radius 2 is 1.16 bits per heavy atom. The van der Waals surface area contributed by atoms with Gasteiger partial charge in [-0.25, -0.2) is 5.09 Å². The van der Waals surface area contributed by atoms with Crippen LogP contribution in [0.2, 0.25) is 0 Å². The summed E-state index contributed by atoms with van der Waals surface area (Å²) in [4.78, 5) is 11.0. The highest BCUT2D eigenvalue weighted by Gasteiger charge is 2.31. The van der Waals surface area contributed by atoms with E-state index in [-0.39, 0.29) is 5.69 Å². The van der Waals surface area contributed by atoms with Crippen LogP contribution >= 0.6 is 7.29 Å². The molecule has 0 aliphatic carbocycles. The summed E-state index contributed by atoms with van der Waals surface area (Å²) in [7, 11) is -3.27. The Morgan fingerprint density at radius 1 is 0.677 bits per heavy atom.